The highest BCUT2D eigenvalue weighted by Gasteiger charge is 2.13. The zero-order valence-corrected chi connectivity index (χ0v) is 13.3. The van der Waals surface area contributed by atoms with E-state index in [0.29, 0.717) is 25.3 Å². The number of rotatable bonds is 7. The molecular formula is C16H20N2O3S. The lowest BCUT2D eigenvalue weighted by Gasteiger charge is -2.08. The van der Waals surface area contributed by atoms with Crippen LogP contribution < -0.4 is 10.5 Å². The van der Waals surface area contributed by atoms with Gasteiger partial charge in [0, 0.05) is 19.3 Å². The van der Waals surface area contributed by atoms with Gasteiger partial charge < -0.3 is 10.5 Å². The van der Waals surface area contributed by atoms with Gasteiger partial charge in [0.2, 0.25) is 10.0 Å². The molecule has 0 aliphatic heterocycles. The van der Waals surface area contributed by atoms with Crippen LogP contribution in [0.4, 0.5) is 5.69 Å². The normalized spacial score (nSPS) is 11.5. The predicted molar refractivity (Wildman–Crippen MR) is 86.9 cm³/mol. The minimum atomic E-state index is -3.51. The minimum Gasteiger partial charge on any atom is -0.399 e. The second-order valence-corrected chi connectivity index (χ2v) is 6.74. The average Bonchev–Trinajstić information content (AvgIpc) is 2.50. The lowest BCUT2D eigenvalue weighted by molar-refractivity contribution is 0.184. The number of sulfonamides is 1. The van der Waals surface area contributed by atoms with E-state index >= 15 is 0 Å². The standard InChI is InChI=1S/C16H20N2O3S/c1-21-12-14-3-2-4-16(11-14)22(19,20)18-10-9-13-5-7-15(17)8-6-13/h2-8,11,18H,9-10,12,17H2,1H3. The van der Waals surface area contributed by atoms with Gasteiger partial charge in [-0.15, -0.1) is 0 Å². The molecule has 0 atom stereocenters. The van der Waals surface area contributed by atoms with Crippen molar-refractivity contribution in [1.82, 2.24) is 4.72 Å². The van der Waals surface area contributed by atoms with Crippen molar-refractivity contribution in [2.45, 2.75) is 17.9 Å². The molecule has 0 spiro atoms. The third-order valence-electron chi connectivity index (χ3n) is 3.21. The predicted octanol–water partition coefficient (Wildman–Crippen LogP) is 1.94. The first-order valence-electron chi connectivity index (χ1n) is 6.93. The molecule has 0 bridgehead atoms. The highest BCUT2D eigenvalue weighted by Crippen LogP contribution is 2.12. The zero-order chi connectivity index (χ0) is 16.0. The Kier molecular flexibility index (Phi) is 5.54. The number of nitrogens with two attached hydrogens (primary N) is 1. The van der Waals surface area contributed by atoms with E-state index in [1.807, 2.05) is 18.2 Å². The fourth-order valence-electron chi connectivity index (χ4n) is 2.07. The molecule has 6 heteroatoms. The van der Waals surface area contributed by atoms with Crippen LogP contribution >= 0.6 is 0 Å². The van der Waals surface area contributed by atoms with E-state index in [9.17, 15) is 8.42 Å². The van der Waals surface area contributed by atoms with E-state index in [-0.39, 0.29) is 4.90 Å². The molecule has 0 unspecified atom stereocenters. The van der Waals surface area contributed by atoms with Crippen LogP contribution in [-0.4, -0.2) is 22.1 Å². The molecule has 22 heavy (non-hydrogen) atoms. The van der Waals surface area contributed by atoms with Gasteiger partial charge in [-0.1, -0.05) is 24.3 Å². The van der Waals surface area contributed by atoms with Crippen molar-refractivity contribution in [3.05, 3.63) is 59.7 Å². The summed E-state index contributed by atoms with van der Waals surface area (Å²) in [5.74, 6) is 0. The molecule has 0 aliphatic carbocycles. The van der Waals surface area contributed by atoms with E-state index in [0.717, 1.165) is 11.1 Å². The van der Waals surface area contributed by atoms with Gasteiger partial charge >= 0.3 is 0 Å². The number of ether oxygens (including phenoxy) is 1. The van der Waals surface area contributed by atoms with Crippen LogP contribution in [0.1, 0.15) is 11.1 Å². The zero-order valence-electron chi connectivity index (χ0n) is 12.5. The number of hydrogen-bond donors (Lipinski definition) is 2. The number of anilines is 1. The van der Waals surface area contributed by atoms with Crippen LogP contribution in [0, 0.1) is 0 Å². The molecule has 2 aromatic rings. The summed E-state index contributed by atoms with van der Waals surface area (Å²) in [5.41, 5.74) is 8.17. The molecule has 0 aliphatic rings. The first-order valence-corrected chi connectivity index (χ1v) is 8.41. The van der Waals surface area contributed by atoms with Gasteiger partial charge in [-0.05, 0) is 41.8 Å². The average molecular weight is 320 g/mol. The lowest BCUT2D eigenvalue weighted by atomic mass is 10.1. The summed E-state index contributed by atoms with van der Waals surface area (Å²) in [6.45, 7) is 0.718. The molecule has 0 aromatic heterocycles. The number of nitrogens with one attached hydrogen (secondary N) is 1. The molecule has 0 amide bonds. The Morgan fingerprint density at radius 3 is 2.50 bits per heavy atom. The lowest BCUT2D eigenvalue weighted by Crippen LogP contribution is -2.26. The molecule has 0 saturated heterocycles. The first kappa shape index (κ1) is 16.5. The summed E-state index contributed by atoms with van der Waals surface area (Å²) >= 11 is 0. The van der Waals surface area contributed by atoms with E-state index in [1.54, 1.807) is 37.4 Å². The van der Waals surface area contributed by atoms with Gasteiger partial charge in [0.1, 0.15) is 0 Å². The first-order chi connectivity index (χ1) is 10.5. The quantitative estimate of drug-likeness (QED) is 0.764. The van der Waals surface area contributed by atoms with Crippen molar-refractivity contribution >= 4 is 15.7 Å². The van der Waals surface area contributed by atoms with E-state index < -0.39 is 10.0 Å². The Hall–Kier alpha value is -1.89. The summed E-state index contributed by atoms with van der Waals surface area (Å²) in [5, 5.41) is 0. The molecule has 3 N–H and O–H groups in total. The second-order valence-electron chi connectivity index (χ2n) is 4.97. The van der Waals surface area contributed by atoms with Gasteiger partial charge in [-0.3, -0.25) is 0 Å². The summed E-state index contributed by atoms with van der Waals surface area (Å²) < 4.78 is 32.1. The maximum Gasteiger partial charge on any atom is 0.240 e. The Labute approximate surface area is 131 Å². The molecule has 0 heterocycles. The highest BCUT2D eigenvalue weighted by atomic mass is 32.2. The maximum atomic E-state index is 12.3. The van der Waals surface area contributed by atoms with Crippen molar-refractivity contribution in [3.63, 3.8) is 0 Å². The van der Waals surface area contributed by atoms with E-state index in [1.165, 1.54) is 0 Å². The summed E-state index contributed by atoms with van der Waals surface area (Å²) in [7, 11) is -1.93. The fourth-order valence-corrected chi connectivity index (χ4v) is 3.17. The van der Waals surface area contributed by atoms with Crippen molar-refractivity contribution in [3.8, 4) is 0 Å². The maximum absolute atomic E-state index is 12.3. The topological polar surface area (TPSA) is 81.4 Å². The van der Waals surface area contributed by atoms with Crippen LogP contribution in [0.2, 0.25) is 0 Å². The number of nitrogen functional groups attached to an aromatic ring is 1. The summed E-state index contributed by atoms with van der Waals surface area (Å²) in [4.78, 5) is 0.249. The molecule has 0 saturated carbocycles. The summed E-state index contributed by atoms with van der Waals surface area (Å²) in [6.07, 6.45) is 0.608. The van der Waals surface area contributed by atoms with E-state index in [4.69, 9.17) is 10.5 Å². The molecule has 0 radical (unpaired) electrons. The Morgan fingerprint density at radius 2 is 1.82 bits per heavy atom. The van der Waals surface area contributed by atoms with Crippen LogP contribution in [0.5, 0.6) is 0 Å². The van der Waals surface area contributed by atoms with Crippen LogP contribution in [0.25, 0.3) is 0 Å². The molecule has 118 valence electrons. The molecule has 5 nitrogen and oxygen atoms in total. The third-order valence-corrected chi connectivity index (χ3v) is 4.66. The summed E-state index contributed by atoms with van der Waals surface area (Å²) in [6, 6.07) is 14.1. The van der Waals surface area contributed by atoms with Crippen molar-refractivity contribution in [1.29, 1.82) is 0 Å². The van der Waals surface area contributed by atoms with Crippen molar-refractivity contribution < 1.29 is 13.2 Å². The van der Waals surface area contributed by atoms with Gasteiger partial charge in [0.25, 0.3) is 0 Å². The van der Waals surface area contributed by atoms with Gasteiger partial charge in [0.15, 0.2) is 0 Å². The van der Waals surface area contributed by atoms with Crippen LogP contribution in [0.15, 0.2) is 53.4 Å². The second kappa shape index (κ2) is 7.40. The Balaban J connectivity index is 1.98. The van der Waals surface area contributed by atoms with Crippen molar-refractivity contribution in [2.75, 3.05) is 19.4 Å². The number of methoxy groups -OCH3 is 1. The van der Waals surface area contributed by atoms with Crippen LogP contribution in [0.3, 0.4) is 0 Å². The largest absolute Gasteiger partial charge is 0.399 e. The number of hydrogen-bond acceptors (Lipinski definition) is 4. The van der Waals surface area contributed by atoms with Crippen molar-refractivity contribution in [2.24, 2.45) is 0 Å². The number of benzene rings is 2. The minimum absolute atomic E-state index is 0.249. The van der Waals surface area contributed by atoms with Crippen LogP contribution in [-0.2, 0) is 27.8 Å². The van der Waals surface area contributed by atoms with Gasteiger partial charge in [-0.25, -0.2) is 13.1 Å². The molecule has 2 aromatic carbocycles. The molecule has 0 fully saturated rings. The molecular weight excluding hydrogens is 300 g/mol. The Morgan fingerprint density at radius 1 is 1.09 bits per heavy atom. The third kappa shape index (κ3) is 4.56. The van der Waals surface area contributed by atoms with Gasteiger partial charge in [-0.2, -0.15) is 0 Å². The smallest absolute Gasteiger partial charge is 0.240 e. The molecule has 2 rings (SSSR count). The monoisotopic (exact) mass is 320 g/mol. The fraction of sp³-hybridized carbons (Fsp3) is 0.250. The highest BCUT2D eigenvalue weighted by molar-refractivity contribution is 7.89. The Bertz CT molecular complexity index is 712. The SMILES string of the molecule is COCc1cccc(S(=O)(=O)NCCc2ccc(N)cc2)c1. The van der Waals surface area contributed by atoms with Gasteiger partial charge in [0.05, 0.1) is 11.5 Å². The van der Waals surface area contributed by atoms with E-state index in [2.05, 4.69) is 4.72 Å².